The fraction of sp³-hybridized carbons (Fsp3) is 0.500. The summed E-state index contributed by atoms with van der Waals surface area (Å²) in [7, 11) is 0. The van der Waals surface area contributed by atoms with Gasteiger partial charge in [0, 0.05) is 12.6 Å². The van der Waals surface area contributed by atoms with Crippen LogP contribution in [0, 0.1) is 0 Å². The molecule has 21 heavy (non-hydrogen) atoms. The quantitative estimate of drug-likeness (QED) is 0.841. The zero-order chi connectivity index (χ0) is 16.0. The van der Waals surface area contributed by atoms with Crippen molar-refractivity contribution in [1.29, 1.82) is 0 Å². The number of hydrogen-bond donors (Lipinski definition) is 1. The fourth-order valence-corrected chi connectivity index (χ4v) is 1.73. The molecule has 7 heteroatoms. The molecule has 1 rings (SSSR count). The van der Waals surface area contributed by atoms with Crippen molar-refractivity contribution in [3.63, 3.8) is 0 Å². The summed E-state index contributed by atoms with van der Waals surface area (Å²) in [4.78, 5) is 12.5. The van der Waals surface area contributed by atoms with Crippen molar-refractivity contribution in [2.45, 2.75) is 32.6 Å². The lowest BCUT2D eigenvalue weighted by Crippen LogP contribution is -2.35. The Labute approximate surface area is 121 Å². The topological polar surface area (TPSA) is 49.8 Å². The van der Waals surface area contributed by atoms with Crippen LogP contribution in [0.5, 0.6) is 5.75 Å². The molecule has 0 saturated heterocycles. The van der Waals surface area contributed by atoms with Crippen LogP contribution in [0.1, 0.15) is 19.4 Å². The van der Waals surface area contributed by atoms with Gasteiger partial charge in [0.2, 0.25) is 0 Å². The molecule has 0 aliphatic carbocycles. The molecule has 0 saturated carbocycles. The van der Waals surface area contributed by atoms with E-state index in [4.69, 9.17) is 5.11 Å². The van der Waals surface area contributed by atoms with Crippen LogP contribution in [0.15, 0.2) is 24.3 Å². The maximum Gasteiger partial charge on any atom is 0.422 e. The SMILES string of the molecule is CC(C)N(CC(=O)O)Cc1cccc(OCC(F)(F)F)c1. The Kier molecular flexibility index (Phi) is 6.02. The molecule has 0 unspecified atom stereocenters. The van der Waals surface area contributed by atoms with E-state index in [2.05, 4.69) is 4.74 Å². The molecule has 4 nitrogen and oxygen atoms in total. The molecule has 1 N–H and O–H groups in total. The average Bonchev–Trinajstić information content (AvgIpc) is 2.34. The highest BCUT2D eigenvalue weighted by Crippen LogP contribution is 2.20. The van der Waals surface area contributed by atoms with E-state index >= 15 is 0 Å². The summed E-state index contributed by atoms with van der Waals surface area (Å²) in [5.41, 5.74) is 0.699. The van der Waals surface area contributed by atoms with Gasteiger partial charge in [-0.1, -0.05) is 12.1 Å². The van der Waals surface area contributed by atoms with Gasteiger partial charge in [0.25, 0.3) is 0 Å². The Balaban J connectivity index is 2.72. The lowest BCUT2D eigenvalue weighted by atomic mass is 10.2. The molecule has 0 aromatic heterocycles. The number of hydrogen-bond acceptors (Lipinski definition) is 3. The minimum Gasteiger partial charge on any atom is -0.484 e. The molecular formula is C14H18F3NO3. The number of nitrogens with zero attached hydrogens (tertiary/aromatic N) is 1. The summed E-state index contributed by atoms with van der Waals surface area (Å²) in [6.45, 7) is 2.55. The molecule has 1 aromatic carbocycles. The molecule has 0 atom stereocenters. The van der Waals surface area contributed by atoms with Crippen LogP contribution in [-0.4, -0.2) is 41.3 Å². The third kappa shape index (κ3) is 6.99. The molecular weight excluding hydrogens is 287 g/mol. The van der Waals surface area contributed by atoms with Crippen LogP contribution in [0.4, 0.5) is 13.2 Å². The lowest BCUT2D eigenvalue weighted by Gasteiger charge is -2.24. The average molecular weight is 305 g/mol. The number of benzene rings is 1. The van der Waals surface area contributed by atoms with Gasteiger partial charge in [-0.25, -0.2) is 0 Å². The molecule has 1 aromatic rings. The molecule has 0 aliphatic heterocycles. The number of aliphatic carboxylic acids is 1. The van der Waals surface area contributed by atoms with Crippen molar-refractivity contribution in [2.75, 3.05) is 13.2 Å². The number of alkyl halides is 3. The summed E-state index contributed by atoms with van der Waals surface area (Å²) in [6, 6.07) is 6.23. The largest absolute Gasteiger partial charge is 0.484 e. The smallest absolute Gasteiger partial charge is 0.422 e. The molecule has 0 spiro atoms. The van der Waals surface area contributed by atoms with Crippen LogP contribution in [0.25, 0.3) is 0 Å². The van der Waals surface area contributed by atoms with E-state index in [1.54, 1.807) is 17.0 Å². The first-order valence-corrected chi connectivity index (χ1v) is 6.41. The number of carboxylic acid groups (broad SMARTS) is 1. The molecule has 0 radical (unpaired) electrons. The van der Waals surface area contributed by atoms with Crippen LogP contribution < -0.4 is 4.74 Å². The Morgan fingerprint density at radius 3 is 2.57 bits per heavy atom. The second kappa shape index (κ2) is 7.31. The van der Waals surface area contributed by atoms with Crippen LogP contribution >= 0.6 is 0 Å². The van der Waals surface area contributed by atoms with Gasteiger partial charge in [-0.3, -0.25) is 9.69 Å². The summed E-state index contributed by atoms with van der Waals surface area (Å²) in [6.07, 6.45) is -4.39. The lowest BCUT2D eigenvalue weighted by molar-refractivity contribution is -0.153. The van der Waals surface area contributed by atoms with Crippen LogP contribution in [0.3, 0.4) is 0 Å². The predicted octanol–water partition coefficient (Wildman–Crippen LogP) is 2.92. The first-order chi connectivity index (χ1) is 9.67. The van der Waals surface area contributed by atoms with Crippen LogP contribution in [0.2, 0.25) is 0 Å². The monoisotopic (exact) mass is 305 g/mol. The number of carboxylic acids is 1. The normalized spacial score (nSPS) is 12.0. The highest BCUT2D eigenvalue weighted by Gasteiger charge is 2.28. The Bertz CT molecular complexity index is 475. The fourth-order valence-electron chi connectivity index (χ4n) is 1.73. The summed E-state index contributed by atoms with van der Waals surface area (Å²) in [5.74, 6) is -0.836. The Morgan fingerprint density at radius 2 is 2.05 bits per heavy atom. The van der Waals surface area contributed by atoms with Gasteiger partial charge in [-0.2, -0.15) is 13.2 Å². The standard InChI is InChI=1S/C14H18F3NO3/c1-10(2)18(8-13(19)20)7-11-4-3-5-12(6-11)21-9-14(15,16)17/h3-6,10H,7-9H2,1-2H3,(H,19,20). The minimum atomic E-state index is -4.39. The van der Waals surface area contributed by atoms with Gasteiger partial charge in [0.05, 0.1) is 6.54 Å². The number of carbonyl (C=O) groups is 1. The summed E-state index contributed by atoms with van der Waals surface area (Å²) >= 11 is 0. The molecule has 0 fully saturated rings. The van der Waals surface area contributed by atoms with E-state index in [1.807, 2.05) is 13.8 Å². The number of ether oxygens (including phenoxy) is 1. The summed E-state index contributed by atoms with van der Waals surface area (Å²) < 4.78 is 41.0. The van der Waals surface area contributed by atoms with Crippen molar-refractivity contribution in [1.82, 2.24) is 4.90 Å². The Morgan fingerprint density at radius 1 is 1.38 bits per heavy atom. The Hall–Kier alpha value is -1.76. The van der Waals surface area contributed by atoms with Crippen molar-refractivity contribution in [3.05, 3.63) is 29.8 Å². The second-order valence-corrected chi connectivity index (χ2v) is 4.94. The molecule has 0 amide bonds. The first kappa shape index (κ1) is 17.3. The third-order valence-corrected chi connectivity index (χ3v) is 2.76. The van der Waals surface area contributed by atoms with Gasteiger partial charge in [0.1, 0.15) is 5.75 Å². The van der Waals surface area contributed by atoms with E-state index in [0.717, 1.165) is 0 Å². The van der Waals surface area contributed by atoms with Crippen LogP contribution in [-0.2, 0) is 11.3 Å². The summed E-state index contributed by atoms with van der Waals surface area (Å²) in [5, 5.41) is 8.85. The zero-order valence-corrected chi connectivity index (χ0v) is 11.9. The van der Waals surface area contributed by atoms with Gasteiger partial charge >= 0.3 is 12.1 Å². The maximum atomic E-state index is 12.1. The van der Waals surface area contributed by atoms with E-state index in [1.165, 1.54) is 12.1 Å². The van der Waals surface area contributed by atoms with E-state index in [-0.39, 0.29) is 18.3 Å². The van der Waals surface area contributed by atoms with Crippen molar-refractivity contribution in [3.8, 4) is 5.75 Å². The molecule has 0 aliphatic rings. The van der Waals surface area contributed by atoms with Gasteiger partial charge < -0.3 is 9.84 Å². The molecule has 0 heterocycles. The predicted molar refractivity (Wildman–Crippen MR) is 71.2 cm³/mol. The maximum absolute atomic E-state index is 12.1. The van der Waals surface area contributed by atoms with E-state index in [0.29, 0.717) is 12.1 Å². The van der Waals surface area contributed by atoms with Crippen molar-refractivity contribution in [2.24, 2.45) is 0 Å². The molecule has 118 valence electrons. The van der Waals surface area contributed by atoms with Gasteiger partial charge in [-0.15, -0.1) is 0 Å². The zero-order valence-electron chi connectivity index (χ0n) is 11.9. The first-order valence-electron chi connectivity index (χ1n) is 6.41. The minimum absolute atomic E-state index is 0.000787. The third-order valence-electron chi connectivity index (χ3n) is 2.76. The molecule has 0 bridgehead atoms. The van der Waals surface area contributed by atoms with E-state index in [9.17, 15) is 18.0 Å². The highest BCUT2D eigenvalue weighted by molar-refractivity contribution is 5.69. The van der Waals surface area contributed by atoms with Gasteiger partial charge in [-0.05, 0) is 31.5 Å². The van der Waals surface area contributed by atoms with Crippen molar-refractivity contribution < 1.29 is 27.8 Å². The van der Waals surface area contributed by atoms with Gasteiger partial charge in [0.15, 0.2) is 6.61 Å². The second-order valence-electron chi connectivity index (χ2n) is 4.94. The van der Waals surface area contributed by atoms with E-state index < -0.39 is 18.8 Å². The number of halogens is 3. The number of rotatable bonds is 7. The highest BCUT2D eigenvalue weighted by atomic mass is 19.4. The van der Waals surface area contributed by atoms with Crippen molar-refractivity contribution >= 4 is 5.97 Å².